The van der Waals surface area contributed by atoms with Gasteiger partial charge in [0.2, 0.25) is 10.0 Å². The van der Waals surface area contributed by atoms with Crippen LogP contribution in [-0.2, 0) is 14.8 Å². The molecule has 0 heterocycles. The Morgan fingerprint density at radius 1 is 0.906 bits per heavy atom. The third-order valence-electron chi connectivity index (χ3n) is 4.74. The van der Waals surface area contributed by atoms with Crippen molar-refractivity contribution in [3.63, 3.8) is 0 Å². The van der Waals surface area contributed by atoms with Crippen LogP contribution in [0.15, 0.2) is 78.9 Å². The maximum atomic E-state index is 12.7. The Morgan fingerprint density at radius 3 is 2.03 bits per heavy atom. The van der Waals surface area contributed by atoms with Crippen molar-refractivity contribution in [1.29, 1.82) is 0 Å². The molecule has 7 nitrogen and oxygen atoms in total. The predicted molar refractivity (Wildman–Crippen MR) is 126 cm³/mol. The summed E-state index contributed by atoms with van der Waals surface area (Å²) in [6.45, 7) is 1.85. The number of anilines is 2. The van der Waals surface area contributed by atoms with E-state index in [1.54, 1.807) is 48.5 Å². The van der Waals surface area contributed by atoms with Crippen LogP contribution in [-0.4, -0.2) is 33.7 Å². The summed E-state index contributed by atoms with van der Waals surface area (Å²) in [5, 5.41) is 2.85. The number of carbonyl (C=O) groups is 1. The fourth-order valence-corrected chi connectivity index (χ4v) is 3.37. The van der Waals surface area contributed by atoms with E-state index in [0.717, 1.165) is 12.0 Å². The highest BCUT2D eigenvalue weighted by molar-refractivity contribution is 7.92. The molecule has 0 aliphatic carbocycles. The quantitative estimate of drug-likeness (QED) is 0.508. The van der Waals surface area contributed by atoms with Gasteiger partial charge in [-0.15, -0.1) is 0 Å². The molecule has 1 unspecified atom stereocenters. The van der Waals surface area contributed by atoms with E-state index in [4.69, 9.17) is 9.47 Å². The van der Waals surface area contributed by atoms with Gasteiger partial charge in [-0.1, -0.05) is 25.1 Å². The molecule has 0 aliphatic rings. The normalized spacial score (nSPS) is 12.0. The van der Waals surface area contributed by atoms with Crippen molar-refractivity contribution >= 4 is 27.3 Å². The second kappa shape index (κ2) is 10.2. The van der Waals surface area contributed by atoms with Crippen LogP contribution in [0.4, 0.5) is 11.4 Å². The van der Waals surface area contributed by atoms with Gasteiger partial charge < -0.3 is 14.8 Å². The predicted octanol–water partition coefficient (Wildman–Crippen LogP) is 4.67. The first-order chi connectivity index (χ1) is 15.3. The topological polar surface area (TPSA) is 84.9 Å². The first-order valence-corrected chi connectivity index (χ1v) is 12.0. The standard InChI is InChI=1S/C24H26N2O5S/c1-4-23(31-22-16-12-19(13-17-22)26(2)32(3,28)29)24(27)25-18-10-14-21(15-11-18)30-20-8-6-5-7-9-20/h5-17,23H,4H2,1-3H3,(H,25,27). The molecule has 0 aliphatic heterocycles. The number of sulfonamides is 1. The minimum Gasteiger partial charge on any atom is -0.481 e. The lowest BCUT2D eigenvalue weighted by Crippen LogP contribution is -2.32. The number of benzene rings is 3. The van der Waals surface area contributed by atoms with Crippen LogP contribution in [0.2, 0.25) is 0 Å². The van der Waals surface area contributed by atoms with Gasteiger partial charge in [-0.3, -0.25) is 9.10 Å². The zero-order chi connectivity index (χ0) is 23.1. The second-order valence-electron chi connectivity index (χ2n) is 7.17. The molecule has 0 spiro atoms. The van der Waals surface area contributed by atoms with Gasteiger partial charge in [0.1, 0.15) is 17.2 Å². The van der Waals surface area contributed by atoms with Gasteiger partial charge in [-0.2, -0.15) is 0 Å². The van der Waals surface area contributed by atoms with Crippen LogP contribution in [0.3, 0.4) is 0 Å². The van der Waals surface area contributed by atoms with E-state index < -0.39 is 16.1 Å². The number of hydrogen-bond donors (Lipinski definition) is 1. The summed E-state index contributed by atoms with van der Waals surface area (Å²) >= 11 is 0. The average molecular weight is 455 g/mol. The van der Waals surface area contributed by atoms with Crippen molar-refractivity contribution in [2.45, 2.75) is 19.4 Å². The lowest BCUT2D eigenvalue weighted by molar-refractivity contribution is -0.122. The van der Waals surface area contributed by atoms with E-state index >= 15 is 0 Å². The minimum absolute atomic E-state index is 0.276. The summed E-state index contributed by atoms with van der Waals surface area (Å²) in [7, 11) is -1.87. The number of rotatable bonds is 9. The maximum absolute atomic E-state index is 12.7. The molecule has 3 aromatic carbocycles. The Labute approximate surface area is 188 Å². The summed E-state index contributed by atoms with van der Waals surface area (Å²) in [6.07, 6.45) is 0.898. The Morgan fingerprint density at radius 2 is 1.47 bits per heavy atom. The average Bonchev–Trinajstić information content (AvgIpc) is 2.78. The van der Waals surface area contributed by atoms with E-state index in [1.807, 2.05) is 37.3 Å². The summed E-state index contributed by atoms with van der Waals surface area (Å²) in [5.74, 6) is 1.60. The molecule has 0 aromatic heterocycles. The van der Waals surface area contributed by atoms with Gasteiger partial charge in [0.05, 0.1) is 11.9 Å². The molecule has 8 heteroatoms. The molecular weight excluding hydrogens is 428 g/mol. The number of carbonyl (C=O) groups excluding carboxylic acids is 1. The van der Waals surface area contributed by atoms with Gasteiger partial charge in [-0.25, -0.2) is 8.42 Å². The van der Waals surface area contributed by atoms with Crippen LogP contribution in [0.25, 0.3) is 0 Å². The van der Waals surface area contributed by atoms with Crippen molar-refractivity contribution in [2.24, 2.45) is 0 Å². The van der Waals surface area contributed by atoms with E-state index in [9.17, 15) is 13.2 Å². The van der Waals surface area contributed by atoms with Gasteiger partial charge in [0.15, 0.2) is 6.10 Å². The number of para-hydroxylation sites is 1. The zero-order valence-electron chi connectivity index (χ0n) is 18.2. The van der Waals surface area contributed by atoms with Gasteiger partial charge >= 0.3 is 0 Å². The van der Waals surface area contributed by atoms with E-state index in [-0.39, 0.29) is 5.91 Å². The van der Waals surface area contributed by atoms with Crippen LogP contribution in [0.1, 0.15) is 13.3 Å². The highest BCUT2D eigenvalue weighted by Crippen LogP contribution is 2.24. The molecule has 1 amide bonds. The molecule has 0 fully saturated rings. The lowest BCUT2D eigenvalue weighted by atomic mass is 10.2. The van der Waals surface area contributed by atoms with Gasteiger partial charge in [0.25, 0.3) is 5.91 Å². The minimum atomic E-state index is -3.35. The fraction of sp³-hybridized carbons (Fsp3) is 0.208. The Bertz CT molecular complexity index is 1130. The highest BCUT2D eigenvalue weighted by atomic mass is 32.2. The van der Waals surface area contributed by atoms with Crippen molar-refractivity contribution in [3.05, 3.63) is 78.9 Å². The molecule has 3 rings (SSSR count). The van der Waals surface area contributed by atoms with Gasteiger partial charge in [0, 0.05) is 12.7 Å². The summed E-state index contributed by atoms with van der Waals surface area (Å²) in [6, 6.07) is 23.1. The van der Waals surface area contributed by atoms with E-state index in [2.05, 4.69) is 5.32 Å². The molecule has 0 saturated heterocycles. The monoisotopic (exact) mass is 454 g/mol. The molecule has 0 bridgehead atoms. The number of hydrogen-bond acceptors (Lipinski definition) is 5. The number of ether oxygens (including phenoxy) is 2. The molecule has 1 N–H and O–H groups in total. The molecular formula is C24H26N2O5S. The number of nitrogens with zero attached hydrogens (tertiary/aromatic N) is 1. The van der Waals surface area contributed by atoms with Crippen molar-refractivity contribution in [2.75, 3.05) is 22.9 Å². The van der Waals surface area contributed by atoms with E-state index in [0.29, 0.717) is 29.3 Å². The maximum Gasteiger partial charge on any atom is 0.265 e. The Kier molecular flexibility index (Phi) is 7.37. The van der Waals surface area contributed by atoms with Gasteiger partial charge in [-0.05, 0) is 67.1 Å². The third-order valence-corrected chi connectivity index (χ3v) is 5.95. The lowest BCUT2D eigenvalue weighted by Gasteiger charge is -2.19. The molecule has 0 radical (unpaired) electrons. The van der Waals surface area contributed by atoms with Crippen molar-refractivity contribution in [3.8, 4) is 17.2 Å². The van der Waals surface area contributed by atoms with Crippen LogP contribution in [0, 0.1) is 0 Å². The smallest absolute Gasteiger partial charge is 0.265 e. The van der Waals surface area contributed by atoms with Crippen LogP contribution >= 0.6 is 0 Å². The van der Waals surface area contributed by atoms with Crippen LogP contribution in [0.5, 0.6) is 17.2 Å². The first-order valence-electron chi connectivity index (χ1n) is 10.1. The Hall–Kier alpha value is -3.52. The Balaban J connectivity index is 1.60. The second-order valence-corrected chi connectivity index (χ2v) is 9.18. The molecule has 1 atom stereocenters. The first kappa shape index (κ1) is 23.1. The third kappa shape index (κ3) is 6.24. The van der Waals surface area contributed by atoms with Crippen LogP contribution < -0.4 is 19.1 Å². The summed E-state index contributed by atoms with van der Waals surface area (Å²) < 4.78 is 36.0. The number of nitrogens with one attached hydrogen (secondary N) is 1. The molecule has 0 saturated carbocycles. The molecule has 168 valence electrons. The zero-order valence-corrected chi connectivity index (χ0v) is 19.0. The SMILES string of the molecule is CCC(Oc1ccc(N(C)S(C)(=O)=O)cc1)C(=O)Nc1ccc(Oc2ccccc2)cc1. The van der Waals surface area contributed by atoms with E-state index in [1.165, 1.54) is 11.4 Å². The summed E-state index contributed by atoms with van der Waals surface area (Å²) in [4.78, 5) is 12.7. The highest BCUT2D eigenvalue weighted by Gasteiger charge is 2.19. The molecule has 3 aromatic rings. The van der Waals surface area contributed by atoms with Crippen molar-refractivity contribution in [1.82, 2.24) is 0 Å². The molecule has 32 heavy (non-hydrogen) atoms. The summed E-state index contributed by atoms with van der Waals surface area (Å²) in [5.41, 5.74) is 1.14. The van der Waals surface area contributed by atoms with Crippen molar-refractivity contribution < 1.29 is 22.7 Å². The number of amides is 1. The largest absolute Gasteiger partial charge is 0.481 e. The fourth-order valence-electron chi connectivity index (χ4n) is 2.87.